The molecule has 2 atom stereocenters. The number of urea groups is 1. The molecule has 3 heterocycles. The molecule has 3 amide bonds. The van der Waals surface area contributed by atoms with Crippen LogP contribution in [0.4, 0.5) is 16.3 Å². The minimum absolute atomic E-state index is 0.0541. The third-order valence-electron chi connectivity index (χ3n) is 9.40. The van der Waals surface area contributed by atoms with E-state index in [1.54, 1.807) is 37.1 Å². The van der Waals surface area contributed by atoms with Gasteiger partial charge < -0.3 is 19.7 Å². The largest absolute Gasteiger partial charge is 0.497 e. The number of aromatic nitrogens is 2. The van der Waals surface area contributed by atoms with Crippen LogP contribution in [0.5, 0.6) is 11.5 Å². The van der Waals surface area contributed by atoms with E-state index < -0.39 is 0 Å². The molecule has 0 aliphatic carbocycles. The van der Waals surface area contributed by atoms with Crippen LogP contribution in [-0.4, -0.2) is 52.9 Å². The van der Waals surface area contributed by atoms with Gasteiger partial charge in [0, 0.05) is 40.9 Å². The fourth-order valence-electron chi connectivity index (χ4n) is 6.92. The summed E-state index contributed by atoms with van der Waals surface area (Å²) >= 11 is 0. The number of piperidine rings is 1. The van der Waals surface area contributed by atoms with E-state index in [9.17, 15) is 9.59 Å². The first-order chi connectivity index (χ1) is 22.5. The number of hydrogen-bond acceptors (Lipinski definition) is 5. The van der Waals surface area contributed by atoms with E-state index in [0.717, 1.165) is 54.7 Å². The molecule has 2 aliphatic rings. The number of carbonyl (C=O) groups excluding carboxylic acids is 2. The summed E-state index contributed by atoms with van der Waals surface area (Å²) in [7, 11) is 3.20. The smallest absolute Gasteiger partial charge is 0.324 e. The second-order valence-electron chi connectivity index (χ2n) is 13.9. The predicted octanol–water partition coefficient (Wildman–Crippen LogP) is 7.77. The first-order valence-corrected chi connectivity index (χ1v) is 16.4. The number of anilines is 2. The number of nitrogens with one attached hydrogen (secondary N) is 2. The monoisotopic (exact) mass is 635 g/mol. The summed E-state index contributed by atoms with van der Waals surface area (Å²) in [5.74, 6) is 2.40. The zero-order valence-corrected chi connectivity index (χ0v) is 28.2. The maximum Gasteiger partial charge on any atom is 0.324 e. The highest BCUT2D eigenvalue weighted by molar-refractivity contribution is 5.99. The summed E-state index contributed by atoms with van der Waals surface area (Å²) < 4.78 is 12.6. The predicted molar refractivity (Wildman–Crippen MR) is 185 cm³/mol. The maximum absolute atomic E-state index is 13.6. The van der Waals surface area contributed by atoms with Crippen LogP contribution in [0.25, 0.3) is 5.69 Å². The van der Waals surface area contributed by atoms with Crippen LogP contribution in [0.2, 0.25) is 0 Å². The summed E-state index contributed by atoms with van der Waals surface area (Å²) in [5, 5.41) is 10.8. The SMILES string of the molecule is COc1cc(OC)cc(C(=O)N2C3CCC2CC(Cc2ccc(NC(=O)Nc4cc(C(C)(C)C)nn4-c4ccc(C)cc4)cc2)C3)c1. The molecule has 2 saturated heterocycles. The van der Waals surface area contributed by atoms with Gasteiger partial charge in [0.1, 0.15) is 17.3 Å². The van der Waals surface area contributed by atoms with Crippen LogP contribution in [0.3, 0.4) is 0 Å². The Kier molecular flexibility index (Phi) is 8.99. The van der Waals surface area contributed by atoms with E-state index >= 15 is 0 Å². The number of methoxy groups -OCH3 is 2. The molecule has 2 bridgehead atoms. The van der Waals surface area contributed by atoms with Gasteiger partial charge >= 0.3 is 6.03 Å². The van der Waals surface area contributed by atoms with Gasteiger partial charge in [0.25, 0.3) is 5.91 Å². The van der Waals surface area contributed by atoms with Crippen LogP contribution in [0, 0.1) is 12.8 Å². The normalized spacial score (nSPS) is 18.9. The van der Waals surface area contributed by atoms with Crippen molar-refractivity contribution in [2.45, 2.75) is 77.3 Å². The minimum atomic E-state index is -0.325. The summed E-state index contributed by atoms with van der Waals surface area (Å²) in [5.41, 5.74) is 5.32. The number of fused-ring (bicyclic) bond motifs is 2. The Morgan fingerprint density at radius 1 is 0.851 bits per heavy atom. The second-order valence-corrected chi connectivity index (χ2v) is 13.9. The number of amides is 3. The van der Waals surface area contributed by atoms with Gasteiger partial charge in [0.15, 0.2) is 0 Å². The molecular weight excluding hydrogens is 590 g/mol. The average Bonchev–Trinajstić information content (AvgIpc) is 3.59. The Labute approximate surface area is 277 Å². The highest BCUT2D eigenvalue weighted by Crippen LogP contribution is 2.41. The number of hydrogen-bond donors (Lipinski definition) is 2. The van der Waals surface area contributed by atoms with Crippen LogP contribution in [-0.2, 0) is 11.8 Å². The van der Waals surface area contributed by atoms with E-state index in [1.165, 1.54) is 5.56 Å². The van der Waals surface area contributed by atoms with Crippen molar-refractivity contribution in [1.82, 2.24) is 14.7 Å². The Balaban J connectivity index is 1.07. The van der Waals surface area contributed by atoms with Gasteiger partial charge in [-0.2, -0.15) is 5.10 Å². The molecule has 3 aromatic carbocycles. The molecule has 9 heteroatoms. The van der Waals surface area contributed by atoms with Crippen LogP contribution in [0.1, 0.15) is 73.6 Å². The van der Waals surface area contributed by atoms with Gasteiger partial charge in [0.2, 0.25) is 0 Å². The second kappa shape index (κ2) is 13.1. The molecule has 2 unspecified atom stereocenters. The molecule has 2 aliphatic heterocycles. The lowest BCUT2D eigenvalue weighted by molar-refractivity contribution is 0.0524. The van der Waals surface area contributed by atoms with E-state index in [1.807, 2.05) is 49.4 Å². The van der Waals surface area contributed by atoms with Crippen molar-refractivity contribution in [2.75, 3.05) is 24.9 Å². The molecule has 0 saturated carbocycles. The van der Waals surface area contributed by atoms with Gasteiger partial charge in [-0.3, -0.25) is 10.1 Å². The summed E-state index contributed by atoms with van der Waals surface area (Å²) in [6.45, 7) is 8.36. The number of ether oxygens (including phenoxy) is 2. The average molecular weight is 636 g/mol. The van der Waals surface area contributed by atoms with Gasteiger partial charge in [-0.1, -0.05) is 50.6 Å². The molecule has 246 valence electrons. The van der Waals surface area contributed by atoms with E-state index in [0.29, 0.717) is 28.8 Å². The van der Waals surface area contributed by atoms with Crippen LogP contribution >= 0.6 is 0 Å². The molecule has 47 heavy (non-hydrogen) atoms. The summed E-state index contributed by atoms with van der Waals surface area (Å²) in [6, 6.07) is 23.6. The molecule has 2 fully saturated rings. The lowest BCUT2D eigenvalue weighted by atomic mass is 9.85. The van der Waals surface area contributed by atoms with Crippen molar-refractivity contribution < 1.29 is 19.1 Å². The zero-order valence-electron chi connectivity index (χ0n) is 28.2. The topological polar surface area (TPSA) is 97.7 Å². The Hall–Kier alpha value is -4.79. The van der Waals surface area contributed by atoms with E-state index in [4.69, 9.17) is 14.6 Å². The number of nitrogens with zero attached hydrogens (tertiary/aromatic N) is 3. The molecular formula is C38H45N5O4. The highest BCUT2D eigenvalue weighted by atomic mass is 16.5. The van der Waals surface area contributed by atoms with Crippen LogP contribution < -0.4 is 20.1 Å². The van der Waals surface area contributed by atoms with Gasteiger partial charge in [-0.15, -0.1) is 0 Å². The Morgan fingerprint density at radius 2 is 1.47 bits per heavy atom. The van der Waals surface area contributed by atoms with E-state index in [-0.39, 0.29) is 29.4 Å². The lowest BCUT2D eigenvalue weighted by Crippen LogP contribution is -2.46. The number of aryl methyl sites for hydroxylation is 1. The number of benzene rings is 3. The van der Waals surface area contributed by atoms with Crippen LogP contribution in [0.15, 0.2) is 72.8 Å². The summed E-state index contributed by atoms with van der Waals surface area (Å²) in [6.07, 6.45) is 4.98. The maximum atomic E-state index is 13.6. The fourth-order valence-corrected chi connectivity index (χ4v) is 6.92. The van der Waals surface area contributed by atoms with Crippen molar-refractivity contribution in [3.63, 3.8) is 0 Å². The Morgan fingerprint density at radius 3 is 2.04 bits per heavy atom. The first kappa shape index (κ1) is 32.2. The molecule has 9 nitrogen and oxygen atoms in total. The van der Waals surface area contributed by atoms with E-state index in [2.05, 4.69) is 48.4 Å². The highest BCUT2D eigenvalue weighted by Gasteiger charge is 2.43. The van der Waals surface area contributed by atoms with Gasteiger partial charge in [-0.25, -0.2) is 9.48 Å². The summed E-state index contributed by atoms with van der Waals surface area (Å²) in [4.78, 5) is 28.8. The van der Waals surface area contributed by atoms with Crippen molar-refractivity contribution in [3.05, 3.63) is 95.2 Å². The minimum Gasteiger partial charge on any atom is -0.497 e. The molecule has 1 aromatic heterocycles. The zero-order chi connectivity index (χ0) is 33.3. The third kappa shape index (κ3) is 7.14. The lowest BCUT2D eigenvalue weighted by Gasteiger charge is -2.39. The van der Waals surface area contributed by atoms with Crippen molar-refractivity contribution in [3.8, 4) is 17.2 Å². The first-order valence-electron chi connectivity index (χ1n) is 16.4. The standard InChI is InChI=1S/C38H45N5O4/c1-24-7-13-29(14-8-24)43-35(23-34(41-43)38(2,3)4)40-37(45)39-28-11-9-25(10-12-28)17-26-18-30-15-16-31(19-26)42(30)36(44)27-20-32(46-5)22-33(21-27)47-6/h7-14,20-23,26,30-31H,15-19H2,1-6H3,(H2,39,40,45). The molecule has 2 N–H and O–H groups in total. The van der Waals surface area contributed by atoms with Crippen molar-refractivity contribution >= 4 is 23.4 Å². The Bertz CT molecular complexity index is 1700. The van der Waals surface area contributed by atoms with Gasteiger partial charge in [-0.05, 0) is 86.9 Å². The van der Waals surface area contributed by atoms with Gasteiger partial charge in [0.05, 0.1) is 25.6 Å². The quantitative estimate of drug-likeness (QED) is 0.206. The molecule has 0 spiro atoms. The van der Waals surface area contributed by atoms with Crippen molar-refractivity contribution in [1.29, 1.82) is 0 Å². The molecule has 4 aromatic rings. The molecule has 6 rings (SSSR count). The van der Waals surface area contributed by atoms with Crippen molar-refractivity contribution in [2.24, 2.45) is 5.92 Å². The fraction of sp³-hybridized carbons (Fsp3) is 0.395. The number of carbonyl (C=O) groups is 2. The third-order valence-corrected chi connectivity index (χ3v) is 9.40. The number of rotatable bonds is 8. The molecule has 0 radical (unpaired) electrons.